The molecule has 1 unspecified atom stereocenters. The summed E-state index contributed by atoms with van der Waals surface area (Å²) in [7, 11) is 0. The summed E-state index contributed by atoms with van der Waals surface area (Å²) in [5.74, 6) is 0.275. The van der Waals surface area contributed by atoms with Gasteiger partial charge in [0.1, 0.15) is 11.8 Å². The molecule has 0 bridgehead atoms. The summed E-state index contributed by atoms with van der Waals surface area (Å²) in [4.78, 5) is 31.9. The Labute approximate surface area is 157 Å². The molecule has 1 atom stereocenters. The first-order valence-electron chi connectivity index (χ1n) is 8.99. The largest absolute Gasteiger partial charge is 0.391 e. The molecule has 1 aliphatic heterocycles. The average Bonchev–Trinajstić information content (AvgIpc) is 2.73. The van der Waals surface area contributed by atoms with Gasteiger partial charge in [-0.2, -0.15) is 0 Å². The number of fused-ring (bicyclic) bond motifs is 1. The molecule has 8 heteroatoms. The van der Waals surface area contributed by atoms with E-state index >= 15 is 0 Å². The predicted molar refractivity (Wildman–Crippen MR) is 101 cm³/mol. The number of nitrogens with two attached hydrogens (primary N) is 1. The predicted octanol–water partition coefficient (Wildman–Crippen LogP) is 0.821. The second kappa shape index (κ2) is 7.24. The van der Waals surface area contributed by atoms with Crippen LogP contribution in [0.2, 0.25) is 0 Å². The molecule has 0 aliphatic carbocycles. The van der Waals surface area contributed by atoms with E-state index < -0.39 is 5.91 Å². The first-order chi connectivity index (χ1) is 13.1. The number of nitrogens with zero attached hydrogens (tertiary/aromatic N) is 5. The lowest BCUT2D eigenvalue weighted by Crippen LogP contribution is -2.49. The number of carbonyl (C=O) groups excluding carboxylic acids is 1. The Morgan fingerprint density at radius 1 is 1.11 bits per heavy atom. The monoisotopic (exact) mass is 364 g/mol. The summed E-state index contributed by atoms with van der Waals surface area (Å²) in [6.45, 7) is 5.78. The van der Waals surface area contributed by atoms with Crippen molar-refractivity contribution in [2.45, 2.75) is 13.0 Å². The highest BCUT2D eigenvalue weighted by molar-refractivity contribution is 5.91. The van der Waals surface area contributed by atoms with Crippen molar-refractivity contribution < 1.29 is 9.78 Å². The van der Waals surface area contributed by atoms with Gasteiger partial charge in [-0.3, -0.25) is 24.6 Å². The highest BCUT2D eigenvalue weighted by atomic mass is 16.1. The number of rotatable bonds is 4. The topological polar surface area (TPSA) is 102 Å². The molecule has 1 aliphatic rings. The zero-order chi connectivity index (χ0) is 18.8. The van der Waals surface area contributed by atoms with Gasteiger partial charge in [-0.1, -0.05) is 11.1 Å². The molecule has 27 heavy (non-hydrogen) atoms. The molecule has 1 fully saturated rings. The van der Waals surface area contributed by atoms with Crippen LogP contribution in [0, 0.1) is 0 Å². The average molecular weight is 364 g/mol. The molecule has 3 aromatic rings. The molecule has 0 radical (unpaired) electrons. The van der Waals surface area contributed by atoms with E-state index in [1.807, 2.05) is 6.07 Å². The van der Waals surface area contributed by atoms with E-state index in [-0.39, 0.29) is 0 Å². The van der Waals surface area contributed by atoms with E-state index in [2.05, 4.69) is 48.8 Å². The van der Waals surface area contributed by atoms with Crippen LogP contribution in [0.5, 0.6) is 0 Å². The van der Waals surface area contributed by atoms with Gasteiger partial charge in [-0.25, -0.2) is 4.98 Å². The Balaban J connectivity index is 1.42. The third-order valence-electron chi connectivity index (χ3n) is 5.10. The second-order valence-electron chi connectivity index (χ2n) is 6.69. The Morgan fingerprint density at radius 2 is 1.85 bits per heavy atom. The summed E-state index contributed by atoms with van der Waals surface area (Å²) in [5.41, 5.74) is 8.72. The van der Waals surface area contributed by atoms with Gasteiger partial charge in [0.25, 0.3) is 5.91 Å². The molecular formula is C19H22N7O+. The van der Waals surface area contributed by atoms with Crippen molar-refractivity contribution >= 4 is 22.9 Å². The van der Waals surface area contributed by atoms with Crippen LogP contribution in [0.1, 0.15) is 28.9 Å². The fourth-order valence-corrected chi connectivity index (χ4v) is 3.43. The minimum atomic E-state index is -0.482. The van der Waals surface area contributed by atoms with Gasteiger partial charge in [0.05, 0.1) is 30.3 Å². The Kier molecular flexibility index (Phi) is 4.64. The Bertz CT molecular complexity index is 952. The van der Waals surface area contributed by atoms with Crippen LogP contribution in [0.3, 0.4) is 0 Å². The maximum atomic E-state index is 11.2. The van der Waals surface area contributed by atoms with Gasteiger partial charge in [0.2, 0.25) is 0 Å². The third kappa shape index (κ3) is 3.56. The van der Waals surface area contributed by atoms with Gasteiger partial charge in [-0.05, 0) is 24.6 Å². The van der Waals surface area contributed by atoms with Gasteiger partial charge in [-0.15, -0.1) is 0 Å². The summed E-state index contributed by atoms with van der Waals surface area (Å²) < 4.78 is 0. The van der Waals surface area contributed by atoms with Crippen LogP contribution >= 0.6 is 0 Å². The minimum absolute atomic E-state index is 0.299. The van der Waals surface area contributed by atoms with Crippen LogP contribution in [-0.4, -0.2) is 51.9 Å². The molecule has 3 heterocycles. The smallest absolute Gasteiger partial charge is 0.365 e. The van der Waals surface area contributed by atoms with E-state index in [9.17, 15) is 4.79 Å². The molecule has 2 aromatic heterocycles. The first kappa shape index (κ1) is 17.3. The van der Waals surface area contributed by atoms with Gasteiger partial charge in [0.15, 0.2) is 0 Å². The summed E-state index contributed by atoms with van der Waals surface area (Å²) in [5, 5.41) is 0. The molecule has 4 rings (SSSR count). The third-order valence-corrected chi connectivity index (χ3v) is 5.10. The molecule has 0 spiro atoms. The van der Waals surface area contributed by atoms with Gasteiger partial charge in [0, 0.05) is 31.5 Å². The lowest BCUT2D eigenvalue weighted by molar-refractivity contribution is -0.368. The molecule has 0 saturated carbocycles. The number of piperazine rings is 1. The number of carbonyl (C=O) groups is 1. The van der Waals surface area contributed by atoms with Crippen molar-refractivity contribution in [3.63, 3.8) is 0 Å². The number of anilines is 1. The molecular weight excluding hydrogens is 342 g/mol. The van der Waals surface area contributed by atoms with Crippen LogP contribution < -0.4 is 15.6 Å². The van der Waals surface area contributed by atoms with E-state index in [1.165, 1.54) is 11.8 Å². The standard InChI is InChI=1S/C19H21N7O/c1-13(14-2-3-16-17(10-14)22-5-4-21-16)25-6-8-26(9-7-25)19-23-11-15(12-24-19)18(20)27/h2-5,10-13H,6-9H2,1H3,(H2,20,27)/p+1. The van der Waals surface area contributed by atoms with Crippen LogP contribution in [0.4, 0.5) is 5.95 Å². The quantitative estimate of drug-likeness (QED) is 0.735. The SMILES string of the molecule is CC(c1ccc2nccnc2c1)N1CCN(c2ncc(C(N)=O)c[nH+]2)CC1. The zero-order valence-corrected chi connectivity index (χ0v) is 15.2. The van der Waals surface area contributed by atoms with E-state index in [1.54, 1.807) is 18.6 Å². The highest BCUT2D eigenvalue weighted by Gasteiger charge is 2.27. The molecule has 8 nitrogen and oxygen atoms in total. The van der Waals surface area contributed by atoms with Crippen molar-refractivity contribution in [2.75, 3.05) is 31.1 Å². The van der Waals surface area contributed by atoms with Crippen molar-refractivity contribution in [1.29, 1.82) is 0 Å². The fraction of sp³-hybridized carbons (Fsp3) is 0.316. The maximum Gasteiger partial charge on any atom is 0.391 e. The number of H-pyrrole nitrogens is 1. The van der Waals surface area contributed by atoms with Crippen LogP contribution in [0.25, 0.3) is 11.0 Å². The molecule has 1 saturated heterocycles. The number of aromatic nitrogens is 4. The normalized spacial score (nSPS) is 16.4. The Morgan fingerprint density at radius 3 is 2.52 bits per heavy atom. The molecule has 1 amide bonds. The maximum absolute atomic E-state index is 11.2. The van der Waals surface area contributed by atoms with Crippen molar-refractivity contribution in [3.05, 3.63) is 54.1 Å². The second-order valence-corrected chi connectivity index (χ2v) is 6.69. The van der Waals surface area contributed by atoms with Crippen LogP contribution in [0.15, 0.2) is 43.0 Å². The zero-order valence-electron chi connectivity index (χ0n) is 15.2. The number of aromatic amines is 1. The number of nitrogens with one attached hydrogen (secondary N) is 1. The van der Waals surface area contributed by atoms with Crippen LogP contribution in [-0.2, 0) is 0 Å². The highest BCUT2D eigenvalue weighted by Crippen LogP contribution is 2.24. The Hall–Kier alpha value is -3.13. The first-order valence-corrected chi connectivity index (χ1v) is 8.99. The number of primary amides is 1. The van der Waals surface area contributed by atoms with Crippen molar-refractivity contribution in [1.82, 2.24) is 19.9 Å². The number of hydrogen-bond donors (Lipinski definition) is 1. The molecule has 1 aromatic carbocycles. The van der Waals surface area contributed by atoms with Gasteiger partial charge < -0.3 is 5.73 Å². The van der Waals surface area contributed by atoms with Crippen molar-refractivity contribution in [3.8, 4) is 0 Å². The molecule has 138 valence electrons. The van der Waals surface area contributed by atoms with E-state index in [0.29, 0.717) is 11.6 Å². The number of benzene rings is 1. The van der Waals surface area contributed by atoms with E-state index in [0.717, 1.165) is 43.2 Å². The van der Waals surface area contributed by atoms with Crippen molar-refractivity contribution in [2.24, 2.45) is 5.73 Å². The lowest BCUT2D eigenvalue weighted by Gasteiger charge is -2.35. The molecule has 3 N–H and O–H groups in total. The van der Waals surface area contributed by atoms with Gasteiger partial charge >= 0.3 is 5.95 Å². The van der Waals surface area contributed by atoms with E-state index in [4.69, 9.17) is 5.73 Å². The minimum Gasteiger partial charge on any atom is -0.365 e. The lowest BCUT2D eigenvalue weighted by atomic mass is 10.1. The summed E-state index contributed by atoms with van der Waals surface area (Å²) in [6, 6.07) is 6.58. The summed E-state index contributed by atoms with van der Waals surface area (Å²) >= 11 is 0. The fourth-order valence-electron chi connectivity index (χ4n) is 3.43. The number of amides is 1. The number of hydrogen-bond acceptors (Lipinski definition) is 6. The summed E-state index contributed by atoms with van der Waals surface area (Å²) in [6.07, 6.45) is 6.56.